The van der Waals surface area contributed by atoms with Crippen molar-refractivity contribution in [2.24, 2.45) is 11.3 Å². The highest BCUT2D eigenvalue weighted by Crippen LogP contribution is 2.46. The van der Waals surface area contributed by atoms with Crippen molar-refractivity contribution in [1.82, 2.24) is 5.32 Å². The molecule has 2 aliphatic rings. The SMILES string of the molecule is CC1=C(C(=O)OCCc2ccccc2)C(c2ccccc2)C2C(=O)CC(C)(C)C=C2N1. The molecule has 1 aliphatic carbocycles. The Balaban J connectivity index is 1.66. The number of carbonyl (C=O) groups excluding carboxylic acids is 2. The minimum Gasteiger partial charge on any atom is -0.462 e. The third kappa shape index (κ3) is 4.48. The van der Waals surface area contributed by atoms with E-state index in [1.807, 2.05) is 67.6 Å². The second-order valence-electron chi connectivity index (χ2n) is 9.13. The molecular weight excluding hydrogens is 386 g/mol. The fraction of sp³-hybridized carbons (Fsp3) is 0.333. The van der Waals surface area contributed by atoms with Gasteiger partial charge < -0.3 is 10.1 Å². The van der Waals surface area contributed by atoms with Gasteiger partial charge in [0.15, 0.2) is 0 Å². The van der Waals surface area contributed by atoms with Gasteiger partial charge in [0, 0.05) is 30.2 Å². The minimum atomic E-state index is -0.393. The van der Waals surface area contributed by atoms with Crippen LogP contribution in [0.1, 0.15) is 44.2 Å². The summed E-state index contributed by atoms with van der Waals surface area (Å²) in [5, 5.41) is 3.36. The van der Waals surface area contributed by atoms with E-state index >= 15 is 0 Å². The van der Waals surface area contributed by atoms with Gasteiger partial charge in [0.05, 0.1) is 18.1 Å². The third-order valence-electron chi connectivity index (χ3n) is 6.08. The van der Waals surface area contributed by atoms with Crippen LogP contribution < -0.4 is 5.32 Å². The van der Waals surface area contributed by atoms with Crippen LogP contribution in [0.3, 0.4) is 0 Å². The first kappa shape index (κ1) is 21.1. The molecule has 0 radical (unpaired) electrons. The van der Waals surface area contributed by atoms with Crippen molar-refractivity contribution in [3.05, 3.63) is 94.8 Å². The standard InChI is InChI=1S/C27H29NO3/c1-18-23(26(30)31-15-14-19-10-6-4-7-11-19)24(20-12-8-5-9-13-20)25-21(28-18)16-27(2,3)17-22(25)29/h4-13,16,24-25,28H,14-15,17H2,1-3H3. The maximum absolute atomic E-state index is 13.2. The van der Waals surface area contributed by atoms with Crippen LogP contribution in [-0.2, 0) is 20.7 Å². The molecule has 2 unspecified atom stereocenters. The molecule has 0 bridgehead atoms. The summed E-state index contributed by atoms with van der Waals surface area (Å²) in [7, 11) is 0. The van der Waals surface area contributed by atoms with E-state index in [4.69, 9.17) is 4.74 Å². The van der Waals surface area contributed by atoms with Crippen molar-refractivity contribution >= 4 is 11.8 Å². The molecule has 2 aromatic rings. The Kier molecular flexibility index (Phi) is 5.81. The van der Waals surface area contributed by atoms with Crippen molar-refractivity contribution in [3.8, 4) is 0 Å². The predicted octanol–water partition coefficient (Wildman–Crippen LogP) is 4.93. The van der Waals surface area contributed by atoms with E-state index in [0.717, 1.165) is 22.5 Å². The fourth-order valence-electron chi connectivity index (χ4n) is 4.74. The highest BCUT2D eigenvalue weighted by atomic mass is 16.5. The highest BCUT2D eigenvalue weighted by molar-refractivity contribution is 5.96. The molecule has 160 valence electrons. The molecule has 31 heavy (non-hydrogen) atoms. The van der Waals surface area contributed by atoms with Crippen molar-refractivity contribution in [2.45, 2.75) is 39.5 Å². The Morgan fingerprint density at radius 3 is 2.35 bits per heavy atom. The topological polar surface area (TPSA) is 55.4 Å². The number of hydrogen-bond donors (Lipinski definition) is 1. The van der Waals surface area contributed by atoms with Crippen LogP contribution in [0, 0.1) is 11.3 Å². The lowest BCUT2D eigenvalue weighted by molar-refractivity contribution is -0.139. The molecule has 1 aliphatic heterocycles. The van der Waals surface area contributed by atoms with E-state index in [0.29, 0.717) is 25.0 Å². The van der Waals surface area contributed by atoms with Crippen LogP contribution in [0.25, 0.3) is 0 Å². The van der Waals surface area contributed by atoms with Gasteiger partial charge in [0.2, 0.25) is 0 Å². The first-order valence-electron chi connectivity index (χ1n) is 10.8. The molecule has 4 rings (SSSR count). The molecule has 2 aromatic carbocycles. The maximum Gasteiger partial charge on any atom is 0.336 e. The zero-order valence-corrected chi connectivity index (χ0v) is 18.4. The van der Waals surface area contributed by atoms with Gasteiger partial charge in [-0.25, -0.2) is 4.79 Å². The molecule has 0 aromatic heterocycles. The van der Waals surface area contributed by atoms with Gasteiger partial charge in [-0.3, -0.25) is 4.79 Å². The number of ketones is 1. The highest BCUT2D eigenvalue weighted by Gasteiger charge is 2.46. The van der Waals surface area contributed by atoms with Crippen molar-refractivity contribution < 1.29 is 14.3 Å². The summed E-state index contributed by atoms with van der Waals surface area (Å²) in [4.78, 5) is 26.5. The summed E-state index contributed by atoms with van der Waals surface area (Å²) >= 11 is 0. The van der Waals surface area contributed by atoms with Gasteiger partial charge >= 0.3 is 5.97 Å². The molecule has 4 heteroatoms. The Bertz CT molecular complexity index is 1030. The molecule has 0 saturated heterocycles. The van der Waals surface area contributed by atoms with Crippen molar-refractivity contribution in [1.29, 1.82) is 0 Å². The third-order valence-corrected chi connectivity index (χ3v) is 6.08. The zero-order chi connectivity index (χ0) is 22.0. The summed E-state index contributed by atoms with van der Waals surface area (Å²) in [6.45, 7) is 6.34. The van der Waals surface area contributed by atoms with Gasteiger partial charge in [-0.05, 0) is 23.5 Å². The molecule has 2 atom stereocenters. The number of hydrogen-bond acceptors (Lipinski definition) is 4. The average molecular weight is 416 g/mol. The predicted molar refractivity (Wildman–Crippen MR) is 121 cm³/mol. The van der Waals surface area contributed by atoms with Gasteiger partial charge in [-0.1, -0.05) is 80.6 Å². The summed E-state index contributed by atoms with van der Waals surface area (Å²) < 4.78 is 5.70. The molecule has 4 nitrogen and oxygen atoms in total. The van der Waals surface area contributed by atoms with E-state index in [2.05, 4.69) is 25.2 Å². The first-order valence-corrected chi connectivity index (χ1v) is 10.8. The Hall–Kier alpha value is -3.14. The lowest BCUT2D eigenvalue weighted by atomic mass is 9.66. The lowest BCUT2D eigenvalue weighted by Crippen LogP contribution is -2.43. The van der Waals surface area contributed by atoms with E-state index in [-0.39, 0.29) is 23.1 Å². The molecule has 0 fully saturated rings. The van der Waals surface area contributed by atoms with Crippen molar-refractivity contribution in [2.75, 3.05) is 6.61 Å². The van der Waals surface area contributed by atoms with Gasteiger partial charge in [-0.15, -0.1) is 0 Å². The van der Waals surface area contributed by atoms with Crippen LogP contribution in [-0.4, -0.2) is 18.4 Å². The number of allylic oxidation sites excluding steroid dienone is 3. The van der Waals surface area contributed by atoms with Crippen LogP contribution in [0.15, 0.2) is 83.7 Å². The van der Waals surface area contributed by atoms with Gasteiger partial charge in [0.1, 0.15) is 5.78 Å². The molecular formula is C27H29NO3. The molecule has 1 heterocycles. The number of rotatable bonds is 5. The summed E-state index contributed by atoms with van der Waals surface area (Å²) in [6, 6.07) is 19.8. The Morgan fingerprint density at radius 1 is 1.03 bits per heavy atom. The summed E-state index contributed by atoms with van der Waals surface area (Å²) in [5.41, 5.74) is 4.08. The number of ether oxygens (including phenoxy) is 1. The number of fused-ring (bicyclic) bond motifs is 1. The smallest absolute Gasteiger partial charge is 0.336 e. The van der Waals surface area contributed by atoms with E-state index in [1.54, 1.807) is 0 Å². The Labute approximate surface area is 184 Å². The molecule has 0 spiro atoms. The summed E-state index contributed by atoms with van der Waals surface area (Å²) in [5.74, 6) is -0.935. The lowest BCUT2D eigenvalue weighted by Gasteiger charge is -2.41. The summed E-state index contributed by atoms with van der Waals surface area (Å²) in [6.07, 6.45) is 3.27. The zero-order valence-electron chi connectivity index (χ0n) is 18.4. The molecule has 0 saturated carbocycles. The number of nitrogens with one attached hydrogen (secondary N) is 1. The molecule has 1 N–H and O–H groups in total. The quantitative estimate of drug-likeness (QED) is 0.704. The van der Waals surface area contributed by atoms with E-state index < -0.39 is 5.92 Å². The average Bonchev–Trinajstić information content (AvgIpc) is 2.73. The Morgan fingerprint density at radius 2 is 1.68 bits per heavy atom. The van der Waals surface area contributed by atoms with Gasteiger partial charge in [-0.2, -0.15) is 0 Å². The van der Waals surface area contributed by atoms with E-state index in [1.165, 1.54) is 0 Å². The minimum absolute atomic E-state index is 0.158. The molecule has 0 amide bonds. The first-order chi connectivity index (χ1) is 14.9. The monoisotopic (exact) mass is 415 g/mol. The largest absolute Gasteiger partial charge is 0.462 e. The van der Waals surface area contributed by atoms with Crippen molar-refractivity contribution in [3.63, 3.8) is 0 Å². The van der Waals surface area contributed by atoms with Crippen LogP contribution >= 0.6 is 0 Å². The normalized spacial score (nSPS) is 22.3. The van der Waals surface area contributed by atoms with Crippen LogP contribution in [0.5, 0.6) is 0 Å². The number of benzene rings is 2. The van der Waals surface area contributed by atoms with E-state index in [9.17, 15) is 9.59 Å². The number of Topliss-reactive ketones (excluding diaryl/α,β-unsaturated/α-hetero) is 1. The second-order valence-corrected chi connectivity index (χ2v) is 9.13. The van der Waals surface area contributed by atoms with Gasteiger partial charge in [0.25, 0.3) is 0 Å². The van der Waals surface area contributed by atoms with Crippen LogP contribution in [0.4, 0.5) is 0 Å². The fourth-order valence-corrected chi connectivity index (χ4v) is 4.74. The number of esters is 1. The maximum atomic E-state index is 13.2. The number of carbonyl (C=O) groups is 2. The van der Waals surface area contributed by atoms with Crippen LogP contribution in [0.2, 0.25) is 0 Å². The second kappa shape index (κ2) is 8.54.